The highest BCUT2D eigenvalue weighted by Gasteiger charge is 2.10. The second-order valence-electron chi connectivity index (χ2n) is 9.16. The zero-order valence-electron chi connectivity index (χ0n) is 23.1. The number of nitrogens with zero attached hydrogens (tertiary/aromatic N) is 2. The molecule has 39 heavy (non-hydrogen) atoms. The Labute approximate surface area is 267 Å². The quantitative estimate of drug-likeness (QED) is 0.456. The maximum atomic E-state index is 5.72. The third-order valence-electron chi connectivity index (χ3n) is 6.30. The number of nitrogens with one attached hydrogen (secondary N) is 3. The minimum atomic E-state index is 0. The van der Waals surface area contributed by atoms with E-state index >= 15 is 0 Å². The van der Waals surface area contributed by atoms with Crippen molar-refractivity contribution in [1.82, 2.24) is 25.8 Å². The van der Waals surface area contributed by atoms with E-state index < -0.39 is 0 Å². The smallest absolute Gasteiger partial charge is 0.0701 e. The summed E-state index contributed by atoms with van der Waals surface area (Å²) in [5, 5.41) is 10.7. The van der Waals surface area contributed by atoms with Crippen LogP contribution in [0.1, 0.15) is 24.0 Å². The van der Waals surface area contributed by atoms with Crippen molar-refractivity contribution < 1.29 is 14.2 Å². The largest absolute Gasteiger partial charge is 0.378 e. The molecule has 0 spiro atoms. The summed E-state index contributed by atoms with van der Waals surface area (Å²) in [6.45, 7) is 16.5. The lowest BCUT2D eigenvalue weighted by Gasteiger charge is -2.24. The predicted molar refractivity (Wildman–Crippen MR) is 174 cm³/mol. The molecule has 3 rings (SSSR count). The number of hydrogen-bond donors (Lipinski definition) is 3. The fourth-order valence-electron chi connectivity index (χ4n) is 4.29. The third kappa shape index (κ3) is 21.7. The fraction of sp³-hybridized carbons (Fsp3) is 0.769. The molecule has 2 fully saturated rings. The summed E-state index contributed by atoms with van der Waals surface area (Å²) in [7, 11) is 0. The molecule has 2 heterocycles. The zero-order valence-corrected chi connectivity index (χ0v) is 27.2. The highest BCUT2D eigenvalue weighted by Crippen LogP contribution is 2.11. The average Bonchev–Trinajstić information content (AvgIpc) is 2.84. The van der Waals surface area contributed by atoms with Crippen LogP contribution in [0.25, 0.3) is 0 Å². The minimum Gasteiger partial charge on any atom is -0.378 e. The Balaban J connectivity index is -0.00000259. The number of ether oxygens (including phenoxy) is 3. The predicted octanol–water partition coefficient (Wildman–Crippen LogP) is 3.03. The van der Waals surface area contributed by atoms with E-state index in [1.54, 1.807) is 0 Å². The Morgan fingerprint density at radius 3 is 1.38 bits per heavy atom. The highest BCUT2D eigenvalue weighted by molar-refractivity contribution is 5.86. The van der Waals surface area contributed by atoms with Crippen molar-refractivity contribution in [3.05, 3.63) is 35.4 Å². The molecule has 13 heteroatoms. The van der Waals surface area contributed by atoms with Crippen LogP contribution in [0.2, 0.25) is 0 Å². The summed E-state index contributed by atoms with van der Waals surface area (Å²) in [6, 6.07) is 9.19. The van der Waals surface area contributed by atoms with Gasteiger partial charge in [-0.3, -0.25) is 9.80 Å². The van der Waals surface area contributed by atoms with Gasteiger partial charge in [-0.15, -0.1) is 62.0 Å². The Hall–Kier alpha value is 0.350. The van der Waals surface area contributed by atoms with Crippen LogP contribution >= 0.6 is 62.0 Å². The van der Waals surface area contributed by atoms with Crippen molar-refractivity contribution in [2.45, 2.75) is 25.9 Å². The van der Waals surface area contributed by atoms with E-state index in [1.165, 1.54) is 24.0 Å². The molecule has 2 aliphatic heterocycles. The van der Waals surface area contributed by atoms with Gasteiger partial charge in [-0.2, -0.15) is 0 Å². The van der Waals surface area contributed by atoms with Gasteiger partial charge in [0.25, 0.3) is 0 Å². The molecule has 0 bridgehead atoms. The summed E-state index contributed by atoms with van der Waals surface area (Å²) in [6.07, 6.45) is 2.37. The topological polar surface area (TPSA) is 70.3 Å². The molecule has 0 radical (unpaired) electrons. The van der Waals surface area contributed by atoms with Crippen molar-refractivity contribution in [3.63, 3.8) is 0 Å². The summed E-state index contributed by atoms with van der Waals surface area (Å²) in [5.74, 6) is 0. The lowest BCUT2D eigenvalue weighted by molar-refractivity contribution is -0.00689. The van der Waals surface area contributed by atoms with E-state index in [4.69, 9.17) is 14.2 Å². The van der Waals surface area contributed by atoms with Crippen LogP contribution < -0.4 is 16.0 Å². The molecule has 0 aromatic heterocycles. The normalized spacial score (nSPS) is 19.9. The molecule has 234 valence electrons. The van der Waals surface area contributed by atoms with Crippen molar-refractivity contribution in [3.8, 4) is 0 Å². The second kappa shape index (κ2) is 29.8. The molecule has 0 saturated carbocycles. The average molecular weight is 660 g/mol. The van der Waals surface area contributed by atoms with Crippen LogP contribution in [0.5, 0.6) is 0 Å². The Morgan fingerprint density at radius 1 is 0.462 bits per heavy atom. The van der Waals surface area contributed by atoms with Crippen molar-refractivity contribution >= 4 is 62.0 Å². The van der Waals surface area contributed by atoms with Crippen molar-refractivity contribution in [1.29, 1.82) is 0 Å². The molecule has 0 aliphatic carbocycles. The molecule has 8 nitrogen and oxygen atoms in total. The van der Waals surface area contributed by atoms with Gasteiger partial charge in [0.15, 0.2) is 0 Å². The van der Waals surface area contributed by atoms with Crippen LogP contribution in [0.15, 0.2) is 24.3 Å². The Kier molecular flexibility index (Phi) is 33.5. The van der Waals surface area contributed by atoms with Crippen molar-refractivity contribution in [2.24, 2.45) is 0 Å². The summed E-state index contributed by atoms with van der Waals surface area (Å²) >= 11 is 0. The van der Waals surface area contributed by atoms with E-state index in [0.29, 0.717) is 26.4 Å². The van der Waals surface area contributed by atoms with Crippen molar-refractivity contribution in [2.75, 3.05) is 105 Å². The Morgan fingerprint density at radius 2 is 0.872 bits per heavy atom. The lowest BCUT2D eigenvalue weighted by Crippen LogP contribution is -2.36. The zero-order chi connectivity index (χ0) is 23.5. The third-order valence-corrected chi connectivity index (χ3v) is 6.30. The van der Waals surface area contributed by atoms with Gasteiger partial charge in [-0.1, -0.05) is 24.3 Å². The summed E-state index contributed by atoms with van der Waals surface area (Å²) in [4.78, 5) is 5.01. The number of benzene rings is 1. The molecule has 3 N–H and O–H groups in total. The molecule has 0 amide bonds. The first kappa shape index (κ1) is 43.8. The lowest BCUT2D eigenvalue weighted by atomic mass is 10.1. The molecule has 2 aliphatic rings. The maximum Gasteiger partial charge on any atom is 0.0701 e. The number of hydrogen-bond acceptors (Lipinski definition) is 8. The first-order valence-corrected chi connectivity index (χ1v) is 13.3. The molecule has 1 aromatic rings. The van der Waals surface area contributed by atoms with Gasteiger partial charge >= 0.3 is 0 Å². The summed E-state index contributed by atoms with van der Waals surface area (Å²) < 4.78 is 16.9. The van der Waals surface area contributed by atoms with E-state index in [0.717, 1.165) is 91.8 Å². The maximum absolute atomic E-state index is 5.72. The molecule has 1 aromatic carbocycles. The standard InChI is InChI=1S/C26H47N5O3.5ClH/c1-7-27-10-11-28-9-2-13-30(14-12-29-8-1)23-25-3-5-26(6-4-25)24-31-15-17-32-19-21-34-22-20-33-18-16-31;;;;;/h3-6,27-29H,1-2,7-24H2;5*1H. The van der Waals surface area contributed by atoms with Gasteiger partial charge in [-0.05, 0) is 50.1 Å². The van der Waals surface area contributed by atoms with Crippen LogP contribution in [0.3, 0.4) is 0 Å². The monoisotopic (exact) mass is 657 g/mol. The second-order valence-corrected chi connectivity index (χ2v) is 9.16. The van der Waals surface area contributed by atoms with E-state index in [-0.39, 0.29) is 62.0 Å². The van der Waals surface area contributed by atoms with Crippen LogP contribution in [-0.4, -0.2) is 115 Å². The Bertz CT molecular complexity index is 615. The number of rotatable bonds is 4. The van der Waals surface area contributed by atoms with E-state index in [1.807, 2.05) is 0 Å². The summed E-state index contributed by atoms with van der Waals surface area (Å²) in [5.41, 5.74) is 2.74. The molecule has 0 unspecified atom stereocenters. The molecular weight excluding hydrogens is 608 g/mol. The first-order chi connectivity index (χ1) is 16.9. The SMILES string of the molecule is Cl.Cl.Cl.Cl.Cl.c1cc(CN2CCOCCOCCOCC2)ccc1CN1CCCNCCNCCCNCC1. The van der Waals surface area contributed by atoms with Gasteiger partial charge in [0.1, 0.15) is 0 Å². The number of halogens is 5. The van der Waals surface area contributed by atoms with E-state index in [9.17, 15) is 0 Å². The minimum absolute atomic E-state index is 0. The van der Waals surface area contributed by atoms with Gasteiger partial charge in [0.05, 0.1) is 39.6 Å². The van der Waals surface area contributed by atoms with Crippen LogP contribution in [-0.2, 0) is 27.3 Å². The molecule has 0 atom stereocenters. The molecule has 2 saturated heterocycles. The van der Waals surface area contributed by atoms with Gasteiger partial charge in [0, 0.05) is 52.4 Å². The first-order valence-electron chi connectivity index (χ1n) is 13.3. The van der Waals surface area contributed by atoms with Crippen LogP contribution in [0, 0.1) is 0 Å². The van der Waals surface area contributed by atoms with Gasteiger partial charge in [0.2, 0.25) is 0 Å². The fourth-order valence-corrected chi connectivity index (χ4v) is 4.29. The van der Waals surface area contributed by atoms with Gasteiger partial charge < -0.3 is 30.2 Å². The molecular formula is C26H52Cl5N5O3. The van der Waals surface area contributed by atoms with Crippen LogP contribution in [0.4, 0.5) is 0 Å². The highest BCUT2D eigenvalue weighted by atomic mass is 35.5. The van der Waals surface area contributed by atoms with E-state index in [2.05, 4.69) is 50.0 Å². The van der Waals surface area contributed by atoms with Gasteiger partial charge in [-0.25, -0.2) is 0 Å².